The molecule has 104 valence electrons. The van der Waals surface area contributed by atoms with Crippen LogP contribution < -0.4 is 5.32 Å². The molecule has 3 heteroatoms. The van der Waals surface area contributed by atoms with Crippen LogP contribution in [0.2, 0.25) is 0 Å². The van der Waals surface area contributed by atoms with E-state index in [0.29, 0.717) is 11.9 Å². The van der Waals surface area contributed by atoms with Gasteiger partial charge in [0.15, 0.2) is 0 Å². The van der Waals surface area contributed by atoms with Crippen molar-refractivity contribution in [3.05, 3.63) is 0 Å². The summed E-state index contributed by atoms with van der Waals surface area (Å²) in [5.41, 5.74) is 0. The van der Waals surface area contributed by atoms with Crippen LogP contribution in [0.15, 0.2) is 0 Å². The summed E-state index contributed by atoms with van der Waals surface area (Å²) in [6, 6.07) is 0.588. The molecule has 2 fully saturated rings. The van der Waals surface area contributed by atoms with E-state index in [9.17, 15) is 4.79 Å². The molecule has 1 unspecified atom stereocenters. The van der Waals surface area contributed by atoms with Gasteiger partial charge in [0.1, 0.15) is 0 Å². The Bertz CT molecular complexity index is 257. The molecule has 1 atom stereocenters. The van der Waals surface area contributed by atoms with E-state index >= 15 is 0 Å². The van der Waals surface area contributed by atoms with E-state index in [1.807, 2.05) is 0 Å². The normalized spacial score (nSPS) is 24.6. The van der Waals surface area contributed by atoms with Crippen LogP contribution in [0.5, 0.6) is 0 Å². The Hall–Kier alpha value is -0.570. The Balaban J connectivity index is 1.67. The Morgan fingerprint density at radius 2 is 2.06 bits per heavy atom. The van der Waals surface area contributed by atoms with Crippen molar-refractivity contribution in [3.8, 4) is 0 Å². The van der Waals surface area contributed by atoms with E-state index in [2.05, 4.69) is 17.1 Å². The zero-order valence-electron chi connectivity index (χ0n) is 11.8. The average Bonchev–Trinajstić information content (AvgIpc) is 2.36. The van der Waals surface area contributed by atoms with E-state index in [1.54, 1.807) is 0 Å². The van der Waals surface area contributed by atoms with Gasteiger partial charge in [-0.3, -0.25) is 4.79 Å². The lowest BCUT2D eigenvalue weighted by molar-refractivity contribution is -0.132. The number of nitrogens with one attached hydrogen (secondary N) is 1. The third-order valence-electron chi connectivity index (χ3n) is 4.56. The van der Waals surface area contributed by atoms with Crippen LogP contribution in [0.3, 0.4) is 0 Å². The topological polar surface area (TPSA) is 32.3 Å². The summed E-state index contributed by atoms with van der Waals surface area (Å²) in [4.78, 5) is 14.3. The molecule has 1 saturated heterocycles. The zero-order chi connectivity index (χ0) is 12.8. The van der Waals surface area contributed by atoms with Crippen molar-refractivity contribution < 1.29 is 4.79 Å². The Kier molecular flexibility index (Phi) is 5.48. The van der Waals surface area contributed by atoms with Gasteiger partial charge in [-0.15, -0.1) is 0 Å². The molecule has 0 spiro atoms. The Morgan fingerprint density at radius 1 is 1.22 bits per heavy atom. The van der Waals surface area contributed by atoms with E-state index < -0.39 is 0 Å². The molecule has 1 amide bonds. The smallest absolute Gasteiger partial charge is 0.222 e. The van der Waals surface area contributed by atoms with Crippen molar-refractivity contribution >= 4 is 5.91 Å². The predicted molar refractivity (Wildman–Crippen MR) is 74.5 cm³/mol. The summed E-state index contributed by atoms with van der Waals surface area (Å²) in [5, 5.41) is 3.52. The van der Waals surface area contributed by atoms with Gasteiger partial charge in [-0.05, 0) is 51.5 Å². The first kappa shape index (κ1) is 13.9. The van der Waals surface area contributed by atoms with Crippen LogP contribution in [0.1, 0.15) is 58.3 Å². The highest BCUT2D eigenvalue weighted by atomic mass is 16.2. The summed E-state index contributed by atoms with van der Waals surface area (Å²) < 4.78 is 0. The minimum absolute atomic E-state index is 0.372. The molecule has 0 radical (unpaired) electrons. The highest BCUT2D eigenvalue weighted by molar-refractivity contribution is 5.76. The average molecular weight is 252 g/mol. The third kappa shape index (κ3) is 3.98. The number of hydrogen-bond acceptors (Lipinski definition) is 2. The standard InChI is InChI=1S/C15H28N2O/c1-2-17(12-13-6-5-7-13)15(18)10-9-14-8-3-4-11-16-14/h13-14,16H,2-12H2,1H3. The van der Waals surface area contributed by atoms with Crippen LogP contribution in [0.25, 0.3) is 0 Å². The maximum Gasteiger partial charge on any atom is 0.222 e. The van der Waals surface area contributed by atoms with Crippen LogP contribution in [0.4, 0.5) is 0 Å². The Labute approximate surface area is 111 Å². The summed E-state index contributed by atoms with van der Waals surface area (Å²) in [7, 11) is 0. The summed E-state index contributed by atoms with van der Waals surface area (Å²) in [6.45, 7) is 5.13. The van der Waals surface area contributed by atoms with Crippen molar-refractivity contribution in [2.45, 2.75) is 64.3 Å². The van der Waals surface area contributed by atoms with E-state index in [1.165, 1.54) is 38.5 Å². The van der Waals surface area contributed by atoms with Crippen LogP contribution in [-0.2, 0) is 4.79 Å². The molecule has 1 heterocycles. The molecule has 0 aromatic heterocycles. The minimum Gasteiger partial charge on any atom is -0.343 e. The number of rotatable bonds is 6. The minimum atomic E-state index is 0.372. The molecule has 2 aliphatic rings. The first-order valence-corrected chi connectivity index (χ1v) is 7.80. The zero-order valence-corrected chi connectivity index (χ0v) is 11.8. The maximum atomic E-state index is 12.2. The molecule has 1 aliphatic carbocycles. The molecular formula is C15H28N2O. The van der Waals surface area contributed by atoms with Crippen molar-refractivity contribution in [1.82, 2.24) is 10.2 Å². The molecule has 0 aromatic rings. The number of piperidine rings is 1. The molecule has 3 nitrogen and oxygen atoms in total. The second-order valence-electron chi connectivity index (χ2n) is 5.91. The van der Waals surface area contributed by atoms with Crippen molar-refractivity contribution in [2.24, 2.45) is 5.92 Å². The van der Waals surface area contributed by atoms with Crippen LogP contribution >= 0.6 is 0 Å². The molecule has 0 bridgehead atoms. The molecular weight excluding hydrogens is 224 g/mol. The molecule has 18 heavy (non-hydrogen) atoms. The van der Waals surface area contributed by atoms with Gasteiger partial charge in [0, 0.05) is 25.6 Å². The monoisotopic (exact) mass is 252 g/mol. The lowest BCUT2D eigenvalue weighted by Gasteiger charge is -2.32. The molecule has 1 aliphatic heterocycles. The first-order chi connectivity index (χ1) is 8.79. The first-order valence-electron chi connectivity index (χ1n) is 7.80. The van der Waals surface area contributed by atoms with Gasteiger partial charge in [0.05, 0.1) is 0 Å². The van der Waals surface area contributed by atoms with Crippen molar-refractivity contribution in [3.63, 3.8) is 0 Å². The number of carbonyl (C=O) groups is 1. The fourth-order valence-corrected chi connectivity index (χ4v) is 3.02. The van der Waals surface area contributed by atoms with E-state index in [-0.39, 0.29) is 0 Å². The van der Waals surface area contributed by atoms with Gasteiger partial charge < -0.3 is 10.2 Å². The van der Waals surface area contributed by atoms with Gasteiger partial charge in [0.25, 0.3) is 0 Å². The van der Waals surface area contributed by atoms with Crippen molar-refractivity contribution in [2.75, 3.05) is 19.6 Å². The highest BCUT2D eigenvalue weighted by Gasteiger charge is 2.23. The lowest BCUT2D eigenvalue weighted by atomic mass is 9.85. The van der Waals surface area contributed by atoms with Crippen LogP contribution in [0, 0.1) is 5.92 Å². The van der Waals surface area contributed by atoms with Gasteiger partial charge in [-0.1, -0.05) is 12.8 Å². The Morgan fingerprint density at radius 3 is 2.61 bits per heavy atom. The molecule has 1 saturated carbocycles. The second-order valence-corrected chi connectivity index (χ2v) is 5.91. The maximum absolute atomic E-state index is 12.2. The van der Waals surface area contributed by atoms with Crippen LogP contribution in [-0.4, -0.2) is 36.5 Å². The summed E-state index contributed by atoms with van der Waals surface area (Å²) in [6.07, 6.45) is 9.66. The fourth-order valence-electron chi connectivity index (χ4n) is 3.02. The van der Waals surface area contributed by atoms with E-state index in [0.717, 1.165) is 38.4 Å². The lowest BCUT2D eigenvalue weighted by Crippen LogP contribution is -2.39. The largest absolute Gasteiger partial charge is 0.343 e. The van der Waals surface area contributed by atoms with Gasteiger partial charge in [-0.2, -0.15) is 0 Å². The quantitative estimate of drug-likeness (QED) is 0.788. The van der Waals surface area contributed by atoms with Gasteiger partial charge in [0.2, 0.25) is 5.91 Å². The SMILES string of the molecule is CCN(CC1CCC1)C(=O)CCC1CCCCN1. The number of hydrogen-bond donors (Lipinski definition) is 1. The predicted octanol–water partition coefficient (Wildman–Crippen LogP) is 2.56. The highest BCUT2D eigenvalue weighted by Crippen LogP contribution is 2.27. The number of nitrogens with zero attached hydrogens (tertiary/aromatic N) is 1. The van der Waals surface area contributed by atoms with Gasteiger partial charge in [-0.25, -0.2) is 0 Å². The third-order valence-corrected chi connectivity index (χ3v) is 4.56. The molecule has 0 aromatic carbocycles. The second kappa shape index (κ2) is 7.13. The van der Waals surface area contributed by atoms with Gasteiger partial charge >= 0.3 is 0 Å². The fraction of sp³-hybridized carbons (Fsp3) is 0.933. The van der Waals surface area contributed by atoms with E-state index in [4.69, 9.17) is 0 Å². The number of amides is 1. The van der Waals surface area contributed by atoms with Crippen molar-refractivity contribution in [1.29, 1.82) is 0 Å². The summed E-state index contributed by atoms with van der Waals surface area (Å²) in [5.74, 6) is 1.17. The molecule has 2 rings (SSSR count). The number of carbonyl (C=O) groups excluding carboxylic acids is 1. The summed E-state index contributed by atoms with van der Waals surface area (Å²) >= 11 is 0. The molecule has 1 N–H and O–H groups in total.